The van der Waals surface area contributed by atoms with Crippen molar-refractivity contribution in [1.82, 2.24) is 15.4 Å². The van der Waals surface area contributed by atoms with Gasteiger partial charge < -0.3 is 0 Å². The fourth-order valence-electron chi connectivity index (χ4n) is 3.23. The summed E-state index contributed by atoms with van der Waals surface area (Å²) in [6, 6.07) is 6.13. The normalized spacial score (nSPS) is 13.3. The summed E-state index contributed by atoms with van der Waals surface area (Å²) in [5.41, 5.74) is -1.67. The molecule has 0 aliphatic heterocycles. The van der Waals surface area contributed by atoms with E-state index >= 15 is 0 Å². The Morgan fingerprint density at radius 1 is 1.00 bits per heavy atom. The minimum absolute atomic E-state index is 0.0330. The van der Waals surface area contributed by atoms with Gasteiger partial charge in [0, 0.05) is 35.1 Å². The van der Waals surface area contributed by atoms with Gasteiger partial charge in [0.2, 0.25) is 5.95 Å². The molecule has 196 valence electrons. The summed E-state index contributed by atoms with van der Waals surface area (Å²) in [5, 5.41) is 0.665. The third-order valence-electron chi connectivity index (χ3n) is 4.88. The van der Waals surface area contributed by atoms with Crippen molar-refractivity contribution in [2.75, 3.05) is 12.1 Å². The molecular formula is C23H15Cl2F7N4O. The van der Waals surface area contributed by atoms with Crippen LogP contribution in [0, 0.1) is 0 Å². The van der Waals surface area contributed by atoms with Gasteiger partial charge in [-0.05, 0) is 48.0 Å². The number of halogens is 9. The second-order valence-corrected chi connectivity index (χ2v) is 8.42. The molecular weight excluding hydrogens is 552 g/mol. The highest BCUT2D eigenvalue weighted by Gasteiger charge is 2.41. The molecule has 0 aliphatic rings. The van der Waals surface area contributed by atoms with Gasteiger partial charge in [-0.25, -0.2) is 14.4 Å². The predicted molar refractivity (Wildman–Crippen MR) is 124 cm³/mol. The minimum Gasteiger partial charge on any atom is -0.267 e. The van der Waals surface area contributed by atoms with Crippen LogP contribution in [0.2, 0.25) is 10.0 Å². The zero-order valence-electron chi connectivity index (χ0n) is 18.5. The topological polar surface area (TPSA) is 58.1 Å². The van der Waals surface area contributed by atoms with Crippen LogP contribution in [-0.4, -0.2) is 29.1 Å². The van der Waals surface area contributed by atoms with E-state index in [9.17, 15) is 35.5 Å². The number of anilines is 1. The molecule has 37 heavy (non-hydrogen) atoms. The van der Waals surface area contributed by atoms with E-state index in [1.807, 2.05) is 0 Å². The number of nitrogens with one attached hydrogen (secondary N) is 1. The summed E-state index contributed by atoms with van der Waals surface area (Å²) in [4.78, 5) is 20.2. The van der Waals surface area contributed by atoms with Crippen molar-refractivity contribution in [3.05, 3.63) is 93.2 Å². The maximum absolute atomic E-state index is 14.9. The molecule has 1 heterocycles. The molecule has 1 atom stereocenters. The number of benzene rings is 2. The number of carbonyl (C=O) groups excluding carboxylic acids is 1. The number of hydrogen-bond donors (Lipinski definition) is 1. The van der Waals surface area contributed by atoms with E-state index in [1.54, 1.807) is 0 Å². The lowest BCUT2D eigenvalue weighted by atomic mass is 9.95. The molecule has 0 saturated carbocycles. The summed E-state index contributed by atoms with van der Waals surface area (Å²) in [6.07, 6.45) is -7.39. The standard InChI is InChI=1S/C23H15Cl2F7N4O/c1-36(21-33-5-2-6-34-21)35-20(37)16-4-3-12(9-18(16)23(30,31)32)19(26)11-17(22(27,28)29)13-7-14(24)10-15(25)8-13/h2-11,17H,1H3,(H,35,37). The number of nitrogens with zero attached hydrogens (tertiary/aromatic N) is 3. The van der Waals surface area contributed by atoms with Gasteiger partial charge in [0.15, 0.2) is 0 Å². The van der Waals surface area contributed by atoms with Crippen LogP contribution in [0.15, 0.2) is 60.9 Å². The number of alkyl halides is 6. The molecule has 3 rings (SSSR count). The monoisotopic (exact) mass is 566 g/mol. The summed E-state index contributed by atoms with van der Waals surface area (Å²) in [5.74, 6) is -5.44. The van der Waals surface area contributed by atoms with Crippen molar-refractivity contribution in [3.63, 3.8) is 0 Å². The van der Waals surface area contributed by atoms with E-state index in [0.29, 0.717) is 6.07 Å². The SMILES string of the molecule is CN(NC(=O)c1ccc(C(F)=CC(c2cc(Cl)cc(Cl)c2)C(F)(F)F)cc1C(F)(F)F)c1ncccn1. The Balaban J connectivity index is 2.00. The van der Waals surface area contributed by atoms with Crippen molar-refractivity contribution < 1.29 is 35.5 Å². The highest BCUT2D eigenvalue weighted by molar-refractivity contribution is 6.34. The van der Waals surface area contributed by atoms with Crippen LogP contribution >= 0.6 is 23.2 Å². The van der Waals surface area contributed by atoms with Gasteiger partial charge in [-0.1, -0.05) is 29.3 Å². The molecule has 0 saturated heterocycles. The second-order valence-electron chi connectivity index (χ2n) is 7.54. The quantitative estimate of drug-likeness (QED) is 0.252. The second kappa shape index (κ2) is 10.9. The van der Waals surface area contributed by atoms with Gasteiger partial charge in [-0.15, -0.1) is 0 Å². The van der Waals surface area contributed by atoms with Gasteiger partial charge in [0.05, 0.1) is 11.1 Å². The van der Waals surface area contributed by atoms with Crippen LogP contribution in [0.5, 0.6) is 0 Å². The molecule has 14 heteroatoms. The van der Waals surface area contributed by atoms with Crippen LogP contribution in [-0.2, 0) is 6.18 Å². The Hall–Kier alpha value is -3.38. The fraction of sp³-hybridized carbons (Fsp3) is 0.174. The van der Waals surface area contributed by atoms with Gasteiger partial charge in [0.25, 0.3) is 5.91 Å². The zero-order valence-corrected chi connectivity index (χ0v) is 20.0. The molecule has 1 unspecified atom stereocenters. The highest BCUT2D eigenvalue weighted by Crippen LogP contribution is 2.41. The van der Waals surface area contributed by atoms with E-state index in [2.05, 4.69) is 15.4 Å². The maximum Gasteiger partial charge on any atom is 0.417 e. The van der Waals surface area contributed by atoms with Gasteiger partial charge in [-0.2, -0.15) is 26.3 Å². The van der Waals surface area contributed by atoms with Crippen LogP contribution < -0.4 is 10.4 Å². The smallest absolute Gasteiger partial charge is 0.267 e. The number of rotatable bonds is 6. The lowest BCUT2D eigenvalue weighted by Crippen LogP contribution is -2.41. The first-order chi connectivity index (χ1) is 17.2. The Morgan fingerprint density at radius 3 is 2.14 bits per heavy atom. The maximum atomic E-state index is 14.9. The van der Waals surface area contributed by atoms with Crippen LogP contribution in [0.3, 0.4) is 0 Å². The fourth-order valence-corrected chi connectivity index (χ4v) is 3.77. The van der Waals surface area contributed by atoms with E-state index in [1.165, 1.54) is 31.6 Å². The molecule has 0 radical (unpaired) electrons. The number of hydrogen-bond acceptors (Lipinski definition) is 4. The summed E-state index contributed by atoms with van der Waals surface area (Å²) >= 11 is 11.5. The third kappa shape index (κ3) is 7.10. The van der Waals surface area contributed by atoms with E-state index in [4.69, 9.17) is 23.2 Å². The van der Waals surface area contributed by atoms with Crippen LogP contribution in [0.25, 0.3) is 5.83 Å². The number of allylic oxidation sites excluding steroid dienone is 1. The van der Waals surface area contributed by atoms with E-state index < -0.39 is 52.3 Å². The molecule has 3 aromatic rings. The van der Waals surface area contributed by atoms with Gasteiger partial charge >= 0.3 is 12.4 Å². The van der Waals surface area contributed by atoms with Crippen molar-refractivity contribution in [2.24, 2.45) is 0 Å². The lowest BCUT2D eigenvalue weighted by Gasteiger charge is -2.20. The van der Waals surface area contributed by atoms with Gasteiger partial charge in [-0.3, -0.25) is 15.2 Å². The molecule has 2 aromatic carbocycles. The van der Waals surface area contributed by atoms with Crippen molar-refractivity contribution >= 4 is 40.9 Å². The molecule has 0 fully saturated rings. The number of carbonyl (C=O) groups is 1. The molecule has 0 spiro atoms. The first-order valence-electron chi connectivity index (χ1n) is 10.1. The average Bonchev–Trinajstić information content (AvgIpc) is 2.80. The number of hydrazine groups is 1. The molecule has 5 nitrogen and oxygen atoms in total. The summed E-state index contributed by atoms with van der Waals surface area (Å²) in [7, 11) is 1.27. The van der Waals surface area contributed by atoms with Gasteiger partial charge in [0.1, 0.15) is 11.7 Å². The summed E-state index contributed by atoms with van der Waals surface area (Å²) < 4.78 is 97.3. The van der Waals surface area contributed by atoms with E-state index in [-0.39, 0.29) is 28.1 Å². The first-order valence-corrected chi connectivity index (χ1v) is 10.9. The molecule has 1 aromatic heterocycles. The average molecular weight is 567 g/mol. The third-order valence-corrected chi connectivity index (χ3v) is 5.31. The van der Waals surface area contributed by atoms with Crippen molar-refractivity contribution in [3.8, 4) is 0 Å². The minimum atomic E-state index is -5.14. The Bertz CT molecular complexity index is 1290. The van der Waals surface area contributed by atoms with Crippen LogP contribution in [0.4, 0.5) is 36.7 Å². The molecule has 0 aliphatic carbocycles. The van der Waals surface area contributed by atoms with Crippen LogP contribution in [0.1, 0.15) is 33.0 Å². The predicted octanol–water partition coefficient (Wildman–Crippen LogP) is 7.24. The number of aromatic nitrogens is 2. The Labute approximate surface area is 215 Å². The zero-order chi connectivity index (χ0) is 27.5. The van der Waals surface area contributed by atoms with E-state index in [0.717, 1.165) is 23.2 Å². The Kier molecular flexibility index (Phi) is 8.33. The van der Waals surface area contributed by atoms with Crippen molar-refractivity contribution in [2.45, 2.75) is 18.3 Å². The lowest BCUT2D eigenvalue weighted by molar-refractivity contribution is -0.140. The summed E-state index contributed by atoms with van der Waals surface area (Å²) in [6.45, 7) is 0. The largest absolute Gasteiger partial charge is 0.417 e. The first kappa shape index (κ1) is 28.2. The highest BCUT2D eigenvalue weighted by atomic mass is 35.5. The Morgan fingerprint density at radius 2 is 1.59 bits per heavy atom. The molecule has 0 bridgehead atoms. The number of amides is 1. The van der Waals surface area contributed by atoms with Crippen molar-refractivity contribution in [1.29, 1.82) is 0 Å². The molecule has 1 amide bonds. The molecule has 1 N–H and O–H groups in total.